The van der Waals surface area contributed by atoms with Crippen LogP contribution in [-0.2, 0) is 9.53 Å². The number of methoxy groups -OCH3 is 1. The Kier molecular flexibility index (Phi) is 5.60. The zero-order chi connectivity index (χ0) is 20.3. The van der Waals surface area contributed by atoms with Crippen molar-refractivity contribution in [1.29, 1.82) is 0 Å². The molecule has 0 amide bonds. The van der Waals surface area contributed by atoms with Gasteiger partial charge < -0.3 is 14.2 Å². The molecule has 0 aliphatic carbocycles. The normalized spacial score (nSPS) is 14.6. The molecule has 1 aliphatic rings. The summed E-state index contributed by atoms with van der Waals surface area (Å²) in [6.07, 6.45) is 1.53. The zero-order valence-corrected chi connectivity index (χ0v) is 15.7. The molecule has 3 rings (SSSR count). The van der Waals surface area contributed by atoms with Gasteiger partial charge >= 0.3 is 5.97 Å². The number of non-ortho nitro benzene ring substituents is 1. The average molecular weight is 403 g/mol. The van der Waals surface area contributed by atoms with Crippen molar-refractivity contribution in [3.8, 4) is 11.5 Å². The lowest BCUT2D eigenvalue weighted by Gasteiger charge is -2.09. The van der Waals surface area contributed by atoms with Crippen LogP contribution in [0.3, 0.4) is 0 Å². The lowest BCUT2D eigenvalue weighted by atomic mass is 10.1. The Labute approximate surface area is 165 Å². The van der Waals surface area contributed by atoms with E-state index in [9.17, 15) is 14.9 Å². The summed E-state index contributed by atoms with van der Waals surface area (Å²) in [5.74, 6) is 0.430. The largest absolute Gasteiger partial charge is 0.493 e. The molecule has 2 aromatic carbocycles. The fourth-order valence-corrected chi connectivity index (χ4v) is 2.78. The first-order valence-electron chi connectivity index (χ1n) is 8.20. The van der Waals surface area contributed by atoms with Crippen LogP contribution in [0.15, 0.2) is 47.1 Å². The van der Waals surface area contributed by atoms with Gasteiger partial charge in [0.1, 0.15) is 0 Å². The van der Waals surface area contributed by atoms with Crippen molar-refractivity contribution in [1.82, 2.24) is 0 Å². The third-order valence-electron chi connectivity index (χ3n) is 3.81. The highest BCUT2D eigenvalue weighted by Crippen LogP contribution is 2.30. The minimum atomic E-state index is -0.655. The summed E-state index contributed by atoms with van der Waals surface area (Å²) in [6, 6.07) is 9.00. The van der Waals surface area contributed by atoms with Gasteiger partial charge in [-0.15, -0.1) is 0 Å². The number of nitro groups is 1. The lowest BCUT2D eigenvalue weighted by molar-refractivity contribution is -0.384. The second kappa shape index (κ2) is 8.10. The molecule has 2 aromatic rings. The molecule has 0 bridgehead atoms. The van der Waals surface area contributed by atoms with Gasteiger partial charge in [-0.1, -0.05) is 17.7 Å². The van der Waals surface area contributed by atoms with Crippen LogP contribution in [0.1, 0.15) is 18.1 Å². The number of carbonyl (C=O) groups excluding carboxylic acids is 1. The summed E-state index contributed by atoms with van der Waals surface area (Å²) in [5.41, 5.74) is 0.840. The van der Waals surface area contributed by atoms with E-state index in [0.29, 0.717) is 23.7 Å². The molecule has 0 radical (unpaired) electrons. The number of esters is 1. The minimum absolute atomic E-state index is 0.0194. The number of hydrogen-bond acceptors (Lipinski definition) is 7. The quantitative estimate of drug-likeness (QED) is 0.313. The van der Waals surface area contributed by atoms with E-state index < -0.39 is 10.9 Å². The number of aliphatic imine (C=N–C) groups is 1. The Hall–Kier alpha value is -3.39. The summed E-state index contributed by atoms with van der Waals surface area (Å²) in [4.78, 5) is 26.6. The van der Waals surface area contributed by atoms with E-state index in [1.807, 2.05) is 6.92 Å². The average Bonchev–Trinajstić information content (AvgIpc) is 3.03. The highest BCUT2D eigenvalue weighted by Gasteiger charge is 2.26. The number of ether oxygens (including phenoxy) is 3. The monoisotopic (exact) mass is 402 g/mol. The van der Waals surface area contributed by atoms with Crippen molar-refractivity contribution in [3.05, 3.63) is 68.4 Å². The Morgan fingerprint density at radius 1 is 1.25 bits per heavy atom. The molecule has 1 heterocycles. The van der Waals surface area contributed by atoms with Gasteiger partial charge in [-0.25, -0.2) is 9.79 Å². The number of rotatable bonds is 6. The van der Waals surface area contributed by atoms with Crippen LogP contribution in [0, 0.1) is 10.1 Å². The molecule has 144 valence electrons. The molecule has 0 saturated carbocycles. The second-order valence-corrected chi connectivity index (χ2v) is 6.01. The van der Waals surface area contributed by atoms with Gasteiger partial charge in [-0.2, -0.15) is 0 Å². The van der Waals surface area contributed by atoms with E-state index in [4.69, 9.17) is 25.8 Å². The van der Waals surface area contributed by atoms with Crippen LogP contribution in [0.2, 0.25) is 5.02 Å². The molecule has 9 heteroatoms. The zero-order valence-electron chi connectivity index (χ0n) is 15.0. The number of carbonyl (C=O) groups is 1. The molecule has 0 unspecified atom stereocenters. The summed E-state index contributed by atoms with van der Waals surface area (Å²) >= 11 is 6.07. The molecule has 0 saturated heterocycles. The van der Waals surface area contributed by atoms with Crippen molar-refractivity contribution in [2.24, 2.45) is 4.99 Å². The van der Waals surface area contributed by atoms with Crippen molar-refractivity contribution in [2.75, 3.05) is 13.7 Å². The standard InChI is InChI=1S/C19H15ClN2O6/c1-3-27-16-7-4-11(9-17(16)26-2)8-15-19(23)28-18(21-15)13-6-5-12(22(24)25)10-14(13)20/h4-10H,3H2,1-2H3/b15-8+. The summed E-state index contributed by atoms with van der Waals surface area (Å²) in [7, 11) is 1.52. The molecule has 1 aliphatic heterocycles. The smallest absolute Gasteiger partial charge is 0.363 e. The van der Waals surface area contributed by atoms with E-state index in [0.717, 1.165) is 0 Å². The molecule has 8 nitrogen and oxygen atoms in total. The van der Waals surface area contributed by atoms with Crippen LogP contribution < -0.4 is 9.47 Å². The number of halogens is 1. The topological polar surface area (TPSA) is 100 Å². The molecule has 0 atom stereocenters. The number of nitro benzene ring substituents is 1. The molecule has 0 fully saturated rings. The SMILES string of the molecule is CCOc1ccc(/C=C2/N=C(c3ccc([N+](=O)[O-])cc3Cl)OC2=O)cc1OC. The summed E-state index contributed by atoms with van der Waals surface area (Å²) < 4.78 is 15.9. The van der Waals surface area contributed by atoms with Crippen molar-refractivity contribution in [2.45, 2.75) is 6.92 Å². The molecular weight excluding hydrogens is 388 g/mol. The van der Waals surface area contributed by atoms with E-state index >= 15 is 0 Å². The van der Waals surface area contributed by atoms with Crippen LogP contribution in [0.5, 0.6) is 11.5 Å². The number of cyclic esters (lactones) is 1. The maximum Gasteiger partial charge on any atom is 0.363 e. The second-order valence-electron chi connectivity index (χ2n) is 5.60. The van der Waals surface area contributed by atoms with Gasteiger partial charge in [-0.05, 0) is 36.8 Å². The first-order valence-corrected chi connectivity index (χ1v) is 8.58. The van der Waals surface area contributed by atoms with Gasteiger partial charge in [0, 0.05) is 12.1 Å². The van der Waals surface area contributed by atoms with E-state index in [1.165, 1.54) is 31.4 Å². The number of nitrogens with zero attached hydrogens (tertiary/aromatic N) is 2. The fourth-order valence-electron chi connectivity index (χ4n) is 2.52. The highest BCUT2D eigenvalue weighted by atomic mass is 35.5. The van der Waals surface area contributed by atoms with Crippen LogP contribution in [-0.4, -0.2) is 30.5 Å². The number of benzene rings is 2. The van der Waals surface area contributed by atoms with Crippen LogP contribution >= 0.6 is 11.6 Å². The summed E-state index contributed by atoms with van der Waals surface area (Å²) in [6.45, 7) is 2.36. The Bertz CT molecular complexity index is 1020. The van der Waals surface area contributed by atoms with Crippen molar-refractivity contribution >= 4 is 35.2 Å². The maximum atomic E-state index is 12.2. The Balaban J connectivity index is 1.93. The third-order valence-corrected chi connectivity index (χ3v) is 4.12. The van der Waals surface area contributed by atoms with E-state index in [1.54, 1.807) is 18.2 Å². The van der Waals surface area contributed by atoms with Gasteiger partial charge in [-0.3, -0.25) is 10.1 Å². The minimum Gasteiger partial charge on any atom is -0.493 e. The molecule has 28 heavy (non-hydrogen) atoms. The highest BCUT2D eigenvalue weighted by molar-refractivity contribution is 6.34. The van der Waals surface area contributed by atoms with Gasteiger partial charge in [0.25, 0.3) is 5.69 Å². The van der Waals surface area contributed by atoms with Gasteiger partial charge in [0.2, 0.25) is 5.90 Å². The predicted molar refractivity (Wildman–Crippen MR) is 103 cm³/mol. The van der Waals surface area contributed by atoms with Gasteiger partial charge in [0.15, 0.2) is 17.2 Å². The molecule has 0 spiro atoms. The molecule has 0 aromatic heterocycles. The Morgan fingerprint density at radius 2 is 2.04 bits per heavy atom. The first-order chi connectivity index (χ1) is 13.4. The van der Waals surface area contributed by atoms with Crippen LogP contribution in [0.4, 0.5) is 5.69 Å². The number of hydrogen-bond donors (Lipinski definition) is 0. The van der Waals surface area contributed by atoms with Crippen molar-refractivity contribution in [3.63, 3.8) is 0 Å². The van der Waals surface area contributed by atoms with Gasteiger partial charge in [0.05, 0.1) is 29.2 Å². The Morgan fingerprint density at radius 3 is 2.68 bits per heavy atom. The first kappa shape index (κ1) is 19.4. The molecule has 0 N–H and O–H groups in total. The van der Waals surface area contributed by atoms with E-state index in [-0.39, 0.29) is 27.9 Å². The molecular formula is C19H15ClN2O6. The maximum absolute atomic E-state index is 12.2. The fraction of sp³-hybridized carbons (Fsp3) is 0.158. The lowest BCUT2D eigenvalue weighted by Crippen LogP contribution is -2.06. The summed E-state index contributed by atoms with van der Waals surface area (Å²) in [5, 5.41) is 10.9. The van der Waals surface area contributed by atoms with E-state index in [2.05, 4.69) is 4.99 Å². The van der Waals surface area contributed by atoms with Crippen LogP contribution in [0.25, 0.3) is 6.08 Å². The van der Waals surface area contributed by atoms with Crippen molar-refractivity contribution < 1.29 is 23.9 Å². The predicted octanol–water partition coefficient (Wildman–Crippen LogP) is 4.00. The third kappa shape index (κ3) is 3.96.